The Balaban J connectivity index is 1.27. The molecule has 9 aromatic rings. The molecular weight excluding hydrogens is 651 g/mol. The summed E-state index contributed by atoms with van der Waals surface area (Å²) in [6.45, 7) is 0. The lowest BCUT2D eigenvalue weighted by atomic mass is 9.64. The first-order valence-electron chi connectivity index (χ1n) is 18.8. The van der Waals surface area contributed by atoms with Gasteiger partial charge in [0.1, 0.15) is 0 Å². The SMILES string of the molecule is c1ccc(-c2ccccc2-c2ccc3c(c2)C2(c4ccccc4-c4ccccc42)c2cc(-c4cccc5ccccc45)ccc2N3c2ccccc2)cc1. The normalized spacial score (nSPS) is 13.3. The van der Waals surface area contributed by atoms with Crippen molar-refractivity contribution in [3.63, 3.8) is 0 Å². The van der Waals surface area contributed by atoms with E-state index in [0.717, 1.165) is 5.69 Å². The van der Waals surface area contributed by atoms with Crippen molar-refractivity contribution in [3.05, 3.63) is 235 Å². The van der Waals surface area contributed by atoms with Gasteiger partial charge in [0.2, 0.25) is 0 Å². The minimum absolute atomic E-state index is 0.568. The van der Waals surface area contributed by atoms with Gasteiger partial charge in [0, 0.05) is 5.69 Å². The number of hydrogen-bond donors (Lipinski definition) is 0. The first-order chi connectivity index (χ1) is 26.8. The molecule has 1 aliphatic heterocycles. The molecule has 0 unspecified atom stereocenters. The van der Waals surface area contributed by atoms with Crippen molar-refractivity contribution in [3.8, 4) is 44.5 Å². The van der Waals surface area contributed by atoms with Crippen LogP contribution in [0.3, 0.4) is 0 Å². The van der Waals surface area contributed by atoms with Crippen LogP contribution in [0, 0.1) is 0 Å². The van der Waals surface area contributed by atoms with Crippen molar-refractivity contribution in [1.82, 2.24) is 0 Å². The van der Waals surface area contributed by atoms with Gasteiger partial charge in [-0.05, 0) is 114 Å². The summed E-state index contributed by atoms with van der Waals surface area (Å²) in [7, 11) is 0. The summed E-state index contributed by atoms with van der Waals surface area (Å²) in [4.78, 5) is 2.49. The van der Waals surface area contributed by atoms with E-state index in [2.05, 4.69) is 217 Å². The molecule has 1 heterocycles. The van der Waals surface area contributed by atoms with Gasteiger partial charge >= 0.3 is 0 Å². The third-order valence-electron chi connectivity index (χ3n) is 11.7. The summed E-state index contributed by atoms with van der Waals surface area (Å²) < 4.78 is 0. The van der Waals surface area contributed by atoms with Crippen LogP contribution >= 0.6 is 0 Å². The van der Waals surface area contributed by atoms with E-state index in [1.807, 2.05) is 0 Å². The number of benzene rings is 9. The van der Waals surface area contributed by atoms with Crippen molar-refractivity contribution in [2.45, 2.75) is 5.41 Å². The lowest BCUT2D eigenvalue weighted by Crippen LogP contribution is -2.36. The second kappa shape index (κ2) is 12.0. The molecule has 0 radical (unpaired) electrons. The van der Waals surface area contributed by atoms with Crippen LogP contribution in [0.2, 0.25) is 0 Å². The Kier molecular flexibility index (Phi) is 6.84. The molecule has 0 saturated carbocycles. The van der Waals surface area contributed by atoms with Gasteiger partial charge in [0.05, 0.1) is 16.8 Å². The van der Waals surface area contributed by atoms with Crippen LogP contribution in [0.5, 0.6) is 0 Å². The topological polar surface area (TPSA) is 3.24 Å². The van der Waals surface area contributed by atoms with E-state index in [1.165, 1.54) is 88.9 Å². The highest BCUT2D eigenvalue weighted by molar-refractivity contribution is 6.01. The molecule has 0 aromatic heterocycles. The molecule has 11 rings (SSSR count). The molecule has 1 spiro atoms. The summed E-state index contributed by atoms with van der Waals surface area (Å²) in [5, 5.41) is 2.51. The zero-order valence-corrected chi connectivity index (χ0v) is 29.7. The Morgan fingerprint density at radius 3 is 1.41 bits per heavy atom. The maximum atomic E-state index is 2.50. The molecule has 1 aliphatic carbocycles. The van der Waals surface area contributed by atoms with Crippen LogP contribution in [0.15, 0.2) is 212 Å². The second-order valence-corrected chi connectivity index (χ2v) is 14.4. The highest BCUT2D eigenvalue weighted by atomic mass is 15.2. The standard InChI is InChI=1S/C53H35N/c1-3-16-36(17-4-1)41-23-9-10-24-43(41)38-30-32-51-49(34-38)53(47-28-13-11-25-45(47)46-26-12-14-29-48(46)53)50-35-39(44-27-15-19-37-18-7-8-22-42(37)44)31-33-52(50)54(51)40-20-5-2-6-21-40/h1-35H. The summed E-state index contributed by atoms with van der Waals surface area (Å²) in [6, 6.07) is 78.5. The second-order valence-electron chi connectivity index (χ2n) is 14.4. The largest absolute Gasteiger partial charge is 0.310 e. The van der Waals surface area contributed by atoms with Crippen molar-refractivity contribution in [2.24, 2.45) is 0 Å². The Hall–Kier alpha value is -6.96. The monoisotopic (exact) mass is 685 g/mol. The number of anilines is 3. The summed E-state index contributed by atoms with van der Waals surface area (Å²) in [5.74, 6) is 0. The molecule has 0 fully saturated rings. The summed E-state index contributed by atoms with van der Waals surface area (Å²) >= 11 is 0. The van der Waals surface area contributed by atoms with E-state index in [1.54, 1.807) is 0 Å². The third kappa shape index (κ3) is 4.39. The molecule has 252 valence electrons. The zero-order valence-electron chi connectivity index (χ0n) is 29.7. The van der Waals surface area contributed by atoms with Gasteiger partial charge in [-0.1, -0.05) is 176 Å². The van der Waals surface area contributed by atoms with Gasteiger partial charge in [0.15, 0.2) is 0 Å². The Morgan fingerprint density at radius 2 is 0.759 bits per heavy atom. The fraction of sp³-hybridized carbons (Fsp3) is 0.0189. The van der Waals surface area contributed by atoms with E-state index in [4.69, 9.17) is 0 Å². The van der Waals surface area contributed by atoms with Gasteiger partial charge in [-0.2, -0.15) is 0 Å². The maximum Gasteiger partial charge on any atom is 0.0754 e. The van der Waals surface area contributed by atoms with E-state index < -0.39 is 5.41 Å². The van der Waals surface area contributed by atoms with E-state index in [-0.39, 0.29) is 0 Å². The van der Waals surface area contributed by atoms with Gasteiger partial charge < -0.3 is 4.90 Å². The highest BCUT2D eigenvalue weighted by Gasteiger charge is 2.52. The molecule has 0 saturated heterocycles. The van der Waals surface area contributed by atoms with E-state index in [9.17, 15) is 0 Å². The molecular formula is C53H35N. The van der Waals surface area contributed by atoms with Crippen LogP contribution in [0.25, 0.3) is 55.3 Å². The van der Waals surface area contributed by atoms with Crippen molar-refractivity contribution in [2.75, 3.05) is 4.90 Å². The Morgan fingerprint density at radius 1 is 0.296 bits per heavy atom. The van der Waals surface area contributed by atoms with Crippen LogP contribution < -0.4 is 4.90 Å². The van der Waals surface area contributed by atoms with Crippen LogP contribution in [-0.4, -0.2) is 0 Å². The number of rotatable bonds is 4. The van der Waals surface area contributed by atoms with Gasteiger partial charge in [-0.25, -0.2) is 0 Å². The molecule has 1 nitrogen and oxygen atoms in total. The number of fused-ring (bicyclic) bond motifs is 10. The minimum Gasteiger partial charge on any atom is -0.310 e. The number of para-hydroxylation sites is 1. The van der Waals surface area contributed by atoms with Gasteiger partial charge in [-0.3, -0.25) is 0 Å². The zero-order chi connectivity index (χ0) is 35.6. The molecule has 2 aliphatic rings. The molecule has 0 atom stereocenters. The van der Waals surface area contributed by atoms with Gasteiger partial charge in [-0.15, -0.1) is 0 Å². The molecule has 9 aromatic carbocycles. The van der Waals surface area contributed by atoms with E-state index >= 15 is 0 Å². The quantitative estimate of drug-likeness (QED) is 0.178. The Bertz CT molecular complexity index is 2840. The van der Waals surface area contributed by atoms with Gasteiger partial charge in [0.25, 0.3) is 0 Å². The summed E-state index contributed by atoms with van der Waals surface area (Å²) in [5.41, 5.74) is 18.1. The van der Waals surface area contributed by atoms with Crippen molar-refractivity contribution >= 4 is 27.8 Å². The molecule has 0 amide bonds. The molecule has 1 heteroatoms. The first kappa shape index (κ1) is 30.6. The van der Waals surface area contributed by atoms with Crippen LogP contribution in [-0.2, 0) is 5.41 Å². The minimum atomic E-state index is -0.568. The smallest absolute Gasteiger partial charge is 0.0754 e. The predicted octanol–water partition coefficient (Wildman–Crippen LogP) is 14.0. The first-order valence-corrected chi connectivity index (χ1v) is 18.8. The third-order valence-corrected chi connectivity index (χ3v) is 11.7. The average molecular weight is 686 g/mol. The number of nitrogens with zero attached hydrogens (tertiary/aromatic N) is 1. The van der Waals surface area contributed by atoms with Crippen LogP contribution in [0.4, 0.5) is 17.1 Å². The highest BCUT2D eigenvalue weighted by Crippen LogP contribution is 2.64. The maximum absolute atomic E-state index is 2.50. The predicted molar refractivity (Wildman–Crippen MR) is 226 cm³/mol. The average Bonchev–Trinajstić information content (AvgIpc) is 3.55. The molecule has 0 bridgehead atoms. The molecule has 54 heavy (non-hydrogen) atoms. The fourth-order valence-corrected chi connectivity index (χ4v) is 9.42. The summed E-state index contributed by atoms with van der Waals surface area (Å²) in [6.07, 6.45) is 0. The molecule has 0 N–H and O–H groups in total. The van der Waals surface area contributed by atoms with Crippen molar-refractivity contribution < 1.29 is 0 Å². The number of hydrogen-bond acceptors (Lipinski definition) is 1. The van der Waals surface area contributed by atoms with Crippen molar-refractivity contribution in [1.29, 1.82) is 0 Å². The van der Waals surface area contributed by atoms with Crippen LogP contribution in [0.1, 0.15) is 22.3 Å². The van der Waals surface area contributed by atoms with E-state index in [0.29, 0.717) is 0 Å². The Labute approximate surface area is 316 Å². The lowest BCUT2D eigenvalue weighted by Gasteiger charge is -2.45. The lowest BCUT2D eigenvalue weighted by molar-refractivity contribution is 0.753. The fourth-order valence-electron chi connectivity index (χ4n) is 9.42.